The summed E-state index contributed by atoms with van der Waals surface area (Å²) < 4.78 is 28.9. The van der Waals surface area contributed by atoms with Crippen LogP contribution in [-0.4, -0.2) is 46.5 Å². The maximum atomic E-state index is 13.1. The minimum absolute atomic E-state index is 0.232. The maximum Gasteiger partial charge on any atom is 0.261 e. The van der Waals surface area contributed by atoms with Gasteiger partial charge in [0.1, 0.15) is 0 Å². The van der Waals surface area contributed by atoms with Crippen LogP contribution >= 0.6 is 11.6 Å². The average Bonchev–Trinajstić information content (AvgIpc) is 2.68. The number of nitrogens with zero attached hydrogens (tertiary/aromatic N) is 2. The molecule has 4 rings (SSSR count). The largest absolute Gasteiger partial charge is 0.367 e. The van der Waals surface area contributed by atoms with Crippen LogP contribution < -0.4 is 9.62 Å². The van der Waals surface area contributed by atoms with E-state index < -0.39 is 10.0 Å². The summed E-state index contributed by atoms with van der Waals surface area (Å²) >= 11 is 6.17. The summed E-state index contributed by atoms with van der Waals surface area (Å²) in [5.41, 5.74) is 1.35. The van der Waals surface area contributed by atoms with E-state index in [2.05, 4.69) is 21.6 Å². The third-order valence-corrected chi connectivity index (χ3v) is 6.68. The van der Waals surface area contributed by atoms with E-state index in [0.717, 1.165) is 42.6 Å². The van der Waals surface area contributed by atoms with Gasteiger partial charge in [0.25, 0.3) is 10.0 Å². The number of fused-ring (bicyclic) bond motifs is 1. The second kappa shape index (κ2) is 7.62. The van der Waals surface area contributed by atoms with Gasteiger partial charge in [-0.15, -0.1) is 0 Å². The molecule has 0 aromatic heterocycles. The fourth-order valence-corrected chi connectivity index (χ4v) is 4.72. The predicted molar refractivity (Wildman–Crippen MR) is 116 cm³/mol. The Bertz CT molecular complexity index is 1110. The van der Waals surface area contributed by atoms with Gasteiger partial charge in [-0.3, -0.25) is 4.72 Å². The number of benzene rings is 3. The van der Waals surface area contributed by atoms with Crippen molar-refractivity contribution in [2.75, 3.05) is 42.8 Å². The third kappa shape index (κ3) is 3.94. The molecule has 0 saturated carbocycles. The molecule has 0 bridgehead atoms. The first-order chi connectivity index (χ1) is 13.4. The lowest BCUT2D eigenvalue weighted by Gasteiger charge is -2.35. The normalized spacial score (nSPS) is 15.7. The molecule has 3 aromatic rings. The number of hydrogen-bond donors (Lipinski definition) is 1. The molecule has 7 heteroatoms. The first kappa shape index (κ1) is 19.1. The number of nitrogens with one attached hydrogen (secondary N) is 1. The van der Waals surface area contributed by atoms with E-state index in [-0.39, 0.29) is 4.90 Å². The van der Waals surface area contributed by atoms with E-state index >= 15 is 0 Å². The number of piperazine rings is 1. The zero-order chi connectivity index (χ0) is 19.7. The van der Waals surface area contributed by atoms with Gasteiger partial charge in [-0.05, 0) is 48.2 Å². The highest BCUT2D eigenvalue weighted by atomic mass is 35.5. The number of likely N-dealkylation sites (N-methyl/N-ethyl adjacent to an activating group) is 1. The Morgan fingerprint density at radius 3 is 2.36 bits per heavy atom. The second-order valence-electron chi connectivity index (χ2n) is 7.07. The van der Waals surface area contributed by atoms with Gasteiger partial charge in [0, 0.05) is 31.2 Å². The van der Waals surface area contributed by atoms with Crippen molar-refractivity contribution in [2.24, 2.45) is 0 Å². The van der Waals surface area contributed by atoms with Crippen LogP contribution in [0.25, 0.3) is 10.8 Å². The Labute approximate surface area is 170 Å². The summed E-state index contributed by atoms with van der Waals surface area (Å²) in [6.07, 6.45) is 0. The molecule has 1 N–H and O–H groups in total. The smallest absolute Gasteiger partial charge is 0.261 e. The first-order valence-electron chi connectivity index (χ1n) is 9.17. The summed E-state index contributed by atoms with van der Waals surface area (Å²) in [6.45, 7) is 3.53. The minimum Gasteiger partial charge on any atom is -0.367 e. The Morgan fingerprint density at radius 1 is 0.893 bits per heavy atom. The van der Waals surface area contributed by atoms with Crippen LogP contribution in [0.1, 0.15) is 0 Å². The van der Waals surface area contributed by atoms with Crippen LogP contribution in [0.2, 0.25) is 5.02 Å². The van der Waals surface area contributed by atoms with Crippen molar-refractivity contribution in [1.82, 2.24) is 4.90 Å². The van der Waals surface area contributed by atoms with Crippen LogP contribution in [0.15, 0.2) is 65.6 Å². The van der Waals surface area contributed by atoms with Gasteiger partial charge in [-0.2, -0.15) is 0 Å². The number of rotatable bonds is 4. The molecule has 5 nitrogen and oxygen atoms in total. The molecular weight excluding hydrogens is 394 g/mol. The summed E-state index contributed by atoms with van der Waals surface area (Å²) in [6, 6.07) is 18.2. The highest BCUT2D eigenvalue weighted by molar-refractivity contribution is 7.92. The quantitative estimate of drug-likeness (QED) is 0.698. The van der Waals surface area contributed by atoms with Gasteiger partial charge < -0.3 is 9.80 Å². The van der Waals surface area contributed by atoms with E-state index in [4.69, 9.17) is 11.6 Å². The van der Waals surface area contributed by atoms with Gasteiger partial charge in [0.05, 0.1) is 16.3 Å². The van der Waals surface area contributed by atoms with Crippen molar-refractivity contribution in [3.63, 3.8) is 0 Å². The predicted octanol–water partition coefficient (Wildman–Crippen LogP) is 4.05. The summed E-state index contributed by atoms with van der Waals surface area (Å²) in [5.74, 6) is 0. The lowest BCUT2D eigenvalue weighted by Crippen LogP contribution is -2.44. The number of halogens is 1. The molecule has 3 aromatic carbocycles. The Kier molecular flexibility index (Phi) is 5.19. The van der Waals surface area contributed by atoms with E-state index in [1.807, 2.05) is 36.4 Å². The van der Waals surface area contributed by atoms with E-state index in [1.165, 1.54) is 0 Å². The third-order valence-electron chi connectivity index (χ3n) is 5.08. The van der Waals surface area contributed by atoms with Crippen molar-refractivity contribution in [2.45, 2.75) is 4.90 Å². The minimum atomic E-state index is -3.74. The molecule has 1 aliphatic heterocycles. The molecule has 28 heavy (non-hydrogen) atoms. The second-order valence-corrected chi connectivity index (χ2v) is 9.19. The van der Waals surface area contributed by atoms with E-state index in [9.17, 15) is 8.42 Å². The zero-order valence-electron chi connectivity index (χ0n) is 15.6. The molecule has 1 aliphatic rings. The first-order valence-corrected chi connectivity index (χ1v) is 11.0. The SMILES string of the molecule is CN1CCN(c2ccc(Cl)cc2NS(=O)(=O)c2ccc3ccccc3c2)CC1. The summed E-state index contributed by atoms with van der Waals surface area (Å²) in [5, 5.41) is 2.38. The molecular formula is C21H22ClN3O2S. The zero-order valence-corrected chi connectivity index (χ0v) is 17.2. The maximum absolute atomic E-state index is 13.1. The molecule has 1 heterocycles. The molecule has 0 spiro atoms. The Hall–Kier alpha value is -2.28. The fourth-order valence-electron chi connectivity index (χ4n) is 3.45. The fraction of sp³-hybridized carbons (Fsp3) is 0.238. The number of anilines is 2. The van der Waals surface area contributed by atoms with Crippen molar-refractivity contribution < 1.29 is 8.42 Å². The van der Waals surface area contributed by atoms with Gasteiger partial charge in [0.2, 0.25) is 0 Å². The van der Waals surface area contributed by atoms with E-state index in [1.54, 1.807) is 24.3 Å². The molecule has 0 radical (unpaired) electrons. The molecule has 0 aliphatic carbocycles. The molecule has 1 saturated heterocycles. The average molecular weight is 416 g/mol. The summed E-state index contributed by atoms with van der Waals surface area (Å²) in [4.78, 5) is 4.68. The monoisotopic (exact) mass is 415 g/mol. The van der Waals surface area contributed by atoms with Gasteiger partial charge in [-0.25, -0.2) is 8.42 Å². The van der Waals surface area contributed by atoms with Gasteiger partial charge in [0.15, 0.2) is 0 Å². The summed E-state index contributed by atoms with van der Waals surface area (Å²) in [7, 11) is -1.65. The highest BCUT2D eigenvalue weighted by Gasteiger charge is 2.21. The highest BCUT2D eigenvalue weighted by Crippen LogP contribution is 2.32. The van der Waals surface area contributed by atoms with Crippen molar-refractivity contribution in [1.29, 1.82) is 0 Å². The van der Waals surface area contributed by atoms with Gasteiger partial charge >= 0.3 is 0 Å². The lowest BCUT2D eigenvalue weighted by molar-refractivity contribution is 0.313. The van der Waals surface area contributed by atoms with Gasteiger partial charge in [-0.1, -0.05) is 41.9 Å². The number of sulfonamides is 1. The van der Waals surface area contributed by atoms with Crippen molar-refractivity contribution >= 4 is 43.8 Å². The standard InChI is InChI=1S/C21H22ClN3O2S/c1-24-10-12-25(13-11-24)21-9-7-18(22)15-20(21)23-28(26,27)19-8-6-16-4-2-3-5-17(16)14-19/h2-9,14-15,23H,10-13H2,1H3. The van der Waals surface area contributed by atoms with Crippen LogP contribution in [0.5, 0.6) is 0 Å². The Balaban J connectivity index is 1.67. The molecule has 0 atom stereocenters. The van der Waals surface area contributed by atoms with Crippen LogP contribution in [0.4, 0.5) is 11.4 Å². The van der Waals surface area contributed by atoms with Crippen LogP contribution in [0, 0.1) is 0 Å². The topological polar surface area (TPSA) is 52.6 Å². The van der Waals surface area contributed by atoms with Crippen LogP contribution in [0.3, 0.4) is 0 Å². The number of hydrogen-bond acceptors (Lipinski definition) is 4. The molecule has 1 fully saturated rings. The lowest BCUT2D eigenvalue weighted by atomic mass is 10.1. The molecule has 146 valence electrons. The molecule has 0 unspecified atom stereocenters. The van der Waals surface area contributed by atoms with Crippen molar-refractivity contribution in [3.05, 3.63) is 65.7 Å². The van der Waals surface area contributed by atoms with E-state index in [0.29, 0.717) is 10.7 Å². The van der Waals surface area contributed by atoms with Crippen LogP contribution in [-0.2, 0) is 10.0 Å². The molecule has 0 amide bonds. The Morgan fingerprint density at radius 2 is 1.61 bits per heavy atom. The van der Waals surface area contributed by atoms with Crippen molar-refractivity contribution in [3.8, 4) is 0 Å².